The fourth-order valence-corrected chi connectivity index (χ4v) is 3.81. The van der Waals surface area contributed by atoms with Crippen LogP contribution in [0.25, 0.3) is 0 Å². The molecule has 0 spiro atoms. The van der Waals surface area contributed by atoms with Gasteiger partial charge in [-0.2, -0.15) is 0 Å². The maximum Gasteiger partial charge on any atom is 0.275 e. The third kappa shape index (κ3) is 3.95. The van der Waals surface area contributed by atoms with E-state index in [0.717, 1.165) is 25.5 Å². The second-order valence-electron chi connectivity index (χ2n) is 5.29. The van der Waals surface area contributed by atoms with Crippen molar-refractivity contribution in [2.45, 2.75) is 37.1 Å². The molecule has 0 aliphatic carbocycles. The summed E-state index contributed by atoms with van der Waals surface area (Å²) in [4.78, 5) is 10.1. The van der Waals surface area contributed by atoms with Gasteiger partial charge in [0, 0.05) is 24.2 Å². The first-order chi connectivity index (χ1) is 10.3. The molecule has 0 radical (unpaired) electrons. The Balaban J connectivity index is 2.12. The molecule has 2 rings (SSSR count). The van der Waals surface area contributed by atoms with E-state index in [9.17, 15) is 18.5 Å². The van der Waals surface area contributed by atoms with E-state index in [-0.39, 0.29) is 27.7 Å². The number of nitro benzene ring substituents is 1. The Kier molecular flexibility index (Phi) is 5.38. The molecule has 22 heavy (non-hydrogen) atoms. The molecule has 1 fully saturated rings. The van der Waals surface area contributed by atoms with E-state index in [1.54, 1.807) is 0 Å². The molecule has 0 unspecified atom stereocenters. The van der Waals surface area contributed by atoms with Crippen molar-refractivity contribution in [1.82, 2.24) is 10.0 Å². The summed E-state index contributed by atoms with van der Waals surface area (Å²) in [6.45, 7) is 2.71. The van der Waals surface area contributed by atoms with E-state index in [0.29, 0.717) is 12.5 Å². The SMILES string of the molecule is Cc1c(Cl)cc(S(=O)(=O)NCC[C@H]2CCCN2)cc1[N+](=O)[O-]. The zero-order chi connectivity index (χ0) is 16.3. The quantitative estimate of drug-likeness (QED) is 0.605. The Labute approximate surface area is 134 Å². The van der Waals surface area contributed by atoms with Crippen LogP contribution in [0.2, 0.25) is 5.02 Å². The molecule has 0 aromatic heterocycles. The molecule has 1 aromatic rings. The maximum atomic E-state index is 12.2. The molecule has 2 N–H and O–H groups in total. The van der Waals surface area contributed by atoms with Crippen LogP contribution < -0.4 is 10.0 Å². The summed E-state index contributed by atoms with van der Waals surface area (Å²) in [7, 11) is -3.81. The Hall–Kier alpha value is -1.22. The minimum absolute atomic E-state index is 0.0621. The molecule has 1 aliphatic heterocycles. The van der Waals surface area contributed by atoms with E-state index >= 15 is 0 Å². The number of benzene rings is 1. The molecule has 1 aliphatic rings. The Morgan fingerprint density at radius 3 is 2.82 bits per heavy atom. The Bertz CT molecular complexity index is 672. The molecule has 0 saturated carbocycles. The van der Waals surface area contributed by atoms with Gasteiger partial charge in [-0.25, -0.2) is 13.1 Å². The lowest BCUT2D eigenvalue weighted by atomic mass is 10.2. The molecule has 1 aromatic carbocycles. The average Bonchev–Trinajstić information content (AvgIpc) is 2.94. The molecule has 0 bridgehead atoms. The van der Waals surface area contributed by atoms with Gasteiger partial charge in [0.2, 0.25) is 10.0 Å². The second kappa shape index (κ2) is 6.91. The number of hydrogen-bond donors (Lipinski definition) is 2. The molecule has 1 atom stereocenters. The maximum absolute atomic E-state index is 12.2. The lowest BCUT2D eigenvalue weighted by Gasteiger charge is -2.12. The van der Waals surface area contributed by atoms with Crippen molar-refractivity contribution < 1.29 is 13.3 Å². The van der Waals surface area contributed by atoms with E-state index in [2.05, 4.69) is 10.0 Å². The van der Waals surface area contributed by atoms with Gasteiger partial charge < -0.3 is 5.32 Å². The van der Waals surface area contributed by atoms with Crippen LogP contribution in [0.15, 0.2) is 17.0 Å². The molecule has 7 nitrogen and oxygen atoms in total. The fraction of sp³-hybridized carbons (Fsp3) is 0.538. The van der Waals surface area contributed by atoms with Crippen LogP contribution in [-0.2, 0) is 10.0 Å². The second-order valence-corrected chi connectivity index (χ2v) is 7.46. The number of nitrogens with one attached hydrogen (secondary N) is 2. The average molecular weight is 348 g/mol. The van der Waals surface area contributed by atoms with Crippen LogP contribution in [0.4, 0.5) is 5.69 Å². The number of hydrogen-bond acceptors (Lipinski definition) is 5. The lowest BCUT2D eigenvalue weighted by Crippen LogP contribution is -2.30. The van der Waals surface area contributed by atoms with Crippen molar-refractivity contribution in [1.29, 1.82) is 0 Å². The van der Waals surface area contributed by atoms with Gasteiger partial charge in [0.1, 0.15) is 0 Å². The van der Waals surface area contributed by atoms with Crippen LogP contribution in [0, 0.1) is 17.0 Å². The summed E-state index contributed by atoms with van der Waals surface area (Å²) in [5.41, 5.74) is -0.0499. The fourth-order valence-electron chi connectivity index (χ4n) is 2.44. The highest BCUT2D eigenvalue weighted by atomic mass is 35.5. The van der Waals surface area contributed by atoms with Crippen molar-refractivity contribution in [2.75, 3.05) is 13.1 Å². The third-order valence-corrected chi connectivity index (χ3v) is 5.58. The van der Waals surface area contributed by atoms with E-state index < -0.39 is 14.9 Å². The Morgan fingerprint density at radius 1 is 1.50 bits per heavy atom. The van der Waals surface area contributed by atoms with E-state index in [1.165, 1.54) is 13.0 Å². The highest BCUT2D eigenvalue weighted by molar-refractivity contribution is 7.89. The minimum Gasteiger partial charge on any atom is -0.314 e. The van der Waals surface area contributed by atoms with Gasteiger partial charge in [-0.1, -0.05) is 11.6 Å². The predicted molar refractivity (Wildman–Crippen MR) is 83.7 cm³/mol. The number of rotatable bonds is 6. The van der Waals surface area contributed by atoms with Crippen molar-refractivity contribution >= 4 is 27.3 Å². The summed E-state index contributed by atoms with van der Waals surface area (Å²) < 4.78 is 26.9. The normalized spacial score (nSPS) is 18.5. The predicted octanol–water partition coefficient (Wildman–Crippen LogP) is 1.98. The molecular formula is C13H18ClN3O4S. The Morgan fingerprint density at radius 2 is 2.23 bits per heavy atom. The first-order valence-electron chi connectivity index (χ1n) is 6.99. The zero-order valence-corrected chi connectivity index (χ0v) is 13.7. The molecule has 9 heteroatoms. The van der Waals surface area contributed by atoms with Crippen LogP contribution in [0.1, 0.15) is 24.8 Å². The highest BCUT2D eigenvalue weighted by Crippen LogP contribution is 2.29. The molecule has 122 valence electrons. The first-order valence-corrected chi connectivity index (χ1v) is 8.85. The molecule has 0 amide bonds. The summed E-state index contributed by atoms with van der Waals surface area (Å²) in [6.07, 6.45) is 2.81. The van der Waals surface area contributed by atoms with Crippen LogP contribution in [0.5, 0.6) is 0 Å². The summed E-state index contributed by atoms with van der Waals surface area (Å²) >= 11 is 5.90. The van der Waals surface area contributed by atoms with Gasteiger partial charge >= 0.3 is 0 Å². The number of sulfonamides is 1. The minimum atomic E-state index is -3.81. The van der Waals surface area contributed by atoms with E-state index in [1.807, 2.05) is 0 Å². The smallest absolute Gasteiger partial charge is 0.275 e. The van der Waals surface area contributed by atoms with Gasteiger partial charge in [-0.05, 0) is 38.8 Å². The summed E-state index contributed by atoms with van der Waals surface area (Å²) in [5.74, 6) is 0. The standard InChI is InChI=1S/C13H18ClN3O4S/c1-9-12(14)7-11(8-13(9)17(18)19)22(20,21)16-6-4-10-3-2-5-15-10/h7-8,10,15-16H,2-6H2,1H3/t10-/m1/s1. The lowest BCUT2D eigenvalue weighted by molar-refractivity contribution is -0.385. The van der Waals surface area contributed by atoms with Crippen LogP contribution in [0.3, 0.4) is 0 Å². The van der Waals surface area contributed by atoms with Gasteiger partial charge in [0.25, 0.3) is 5.69 Å². The number of nitrogens with zero attached hydrogens (tertiary/aromatic N) is 1. The van der Waals surface area contributed by atoms with Gasteiger partial charge in [0.15, 0.2) is 0 Å². The van der Waals surface area contributed by atoms with Crippen molar-refractivity contribution in [2.24, 2.45) is 0 Å². The van der Waals surface area contributed by atoms with Crippen molar-refractivity contribution in [3.8, 4) is 0 Å². The largest absolute Gasteiger partial charge is 0.314 e. The monoisotopic (exact) mass is 347 g/mol. The van der Waals surface area contributed by atoms with Gasteiger partial charge in [-0.3, -0.25) is 10.1 Å². The molecule has 1 saturated heterocycles. The van der Waals surface area contributed by atoms with Crippen molar-refractivity contribution in [3.63, 3.8) is 0 Å². The van der Waals surface area contributed by atoms with Crippen molar-refractivity contribution in [3.05, 3.63) is 32.8 Å². The summed E-state index contributed by atoms with van der Waals surface area (Å²) in [5, 5.41) is 14.3. The van der Waals surface area contributed by atoms with Crippen LogP contribution in [-0.4, -0.2) is 32.5 Å². The zero-order valence-electron chi connectivity index (χ0n) is 12.1. The van der Waals surface area contributed by atoms with Gasteiger partial charge in [0.05, 0.1) is 14.8 Å². The number of halogens is 1. The highest BCUT2D eigenvalue weighted by Gasteiger charge is 2.23. The first kappa shape index (κ1) is 17.1. The number of nitro groups is 1. The van der Waals surface area contributed by atoms with Crippen LogP contribution >= 0.6 is 11.6 Å². The summed E-state index contributed by atoms with van der Waals surface area (Å²) in [6, 6.07) is 2.59. The third-order valence-electron chi connectivity index (χ3n) is 3.74. The van der Waals surface area contributed by atoms with Gasteiger partial charge in [-0.15, -0.1) is 0 Å². The topological polar surface area (TPSA) is 101 Å². The molecule has 1 heterocycles. The van der Waals surface area contributed by atoms with E-state index in [4.69, 9.17) is 11.6 Å². The molecular weight excluding hydrogens is 330 g/mol.